The average molecular weight is 368 g/mol. The molecule has 0 rings (SSSR count). The van der Waals surface area contributed by atoms with Crippen molar-refractivity contribution < 1.29 is 45.5 Å². The van der Waals surface area contributed by atoms with E-state index in [1.165, 1.54) is 0 Å². The smallest absolute Gasteiger partial charge is 0.376 e. The molecule has 0 N–H and O–H groups in total. The Bertz CT molecular complexity index is 257. The highest BCUT2D eigenvalue weighted by molar-refractivity contribution is 7.48. The fourth-order valence-electron chi connectivity index (χ4n) is 1.21. The molecule has 0 fully saturated rings. The first-order valence-electron chi connectivity index (χ1n) is 7.13. The third-order valence-electron chi connectivity index (χ3n) is 2.10. The monoisotopic (exact) mass is 368 g/mol. The van der Waals surface area contributed by atoms with Crippen LogP contribution in [0.5, 0.6) is 0 Å². The van der Waals surface area contributed by atoms with Crippen molar-refractivity contribution in [2.24, 2.45) is 0 Å². The van der Waals surface area contributed by atoms with E-state index >= 15 is 0 Å². The topological polar surface area (TPSA) is 72.5 Å². The summed E-state index contributed by atoms with van der Waals surface area (Å²) in [5.74, 6) is 0. The van der Waals surface area contributed by atoms with Gasteiger partial charge in [0.1, 0.15) is 20.0 Å². The maximum Gasteiger partial charge on any atom is 0.475 e. The van der Waals surface area contributed by atoms with Gasteiger partial charge in [-0.25, -0.2) is 17.7 Å². The number of rotatable bonds is 18. The summed E-state index contributed by atoms with van der Waals surface area (Å²) in [6, 6.07) is 0. The summed E-state index contributed by atoms with van der Waals surface area (Å²) < 4.78 is 77.2. The second-order valence-electron chi connectivity index (χ2n) is 3.85. The van der Waals surface area contributed by atoms with Crippen molar-refractivity contribution in [3.63, 3.8) is 0 Å². The summed E-state index contributed by atoms with van der Waals surface area (Å²) in [5, 5.41) is 0. The molecule has 0 aliphatic carbocycles. The lowest BCUT2D eigenvalue weighted by atomic mass is 10.7. The molecule has 0 saturated carbocycles. The Labute approximate surface area is 133 Å². The first kappa shape index (κ1) is 22.8. The summed E-state index contributed by atoms with van der Waals surface area (Å²) in [6.45, 7) is -2.55. The Hall–Kier alpha value is -0.220. The second-order valence-corrected chi connectivity index (χ2v) is 5.52. The Balaban J connectivity index is 4.03. The van der Waals surface area contributed by atoms with E-state index < -0.39 is 27.8 Å². The number of alkyl halides is 3. The molecule has 0 amide bonds. The van der Waals surface area contributed by atoms with E-state index in [1.807, 2.05) is 0 Å². The zero-order chi connectivity index (χ0) is 17.2. The number of ether oxygens (including phenoxy) is 3. The minimum Gasteiger partial charge on any atom is -0.376 e. The summed E-state index contributed by atoms with van der Waals surface area (Å²) in [5.41, 5.74) is 0. The van der Waals surface area contributed by atoms with Crippen LogP contribution < -0.4 is 0 Å². The van der Waals surface area contributed by atoms with E-state index in [9.17, 15) is 17.7 Å². The fourth-order valence-corrected chi connectivity index (χ4v) is 2.32. The van der Waals surface area contributed by atoms with E-state index in [2.05, 4.69) is 0 Å². The molecule has 0 aromatic rings. The molecule has 140 valence electrons. The molecule has 0 radical (unpaired) electrons. The van der Waals surface area contributed by atoms with Gasteiger partial charge in [-0.1, -0.05) is 0 Å². The summed E-state index contributed by atoms with van der Waals surface area (Å²) in [4.78, 5) is 0. The third-order valence-corrected chi connectivity index (χ3v) is 3.59. The maximum absolute atomic E-state index is 12.3. The highest BCUT2D eigenvalue weighted by Gasteiger charge is 2.26. The van der Waals surface area contributed by atoms with Gasteiger partial charge in [0.2, 0.25) is 0 Å². The standard InChI is InChI=1S/C12H24F3O7P/c13-1-4-17-7-10-20-23(16,21-11-8-18-5-2-14)22-12-9-19-6-3-15/h1-12H2. The van der Waals surface area contributed by atoms with Gasteiger partial charge in [0, 0.05) is 0 Å². The van der Waals surface area contributed by atoms with Crippen molar-refractivity contribution in [2.75, 3.05) is 79.5 Å². The number of hydrogen-bond donors (Lipinski definition) is 0. The zero-order valence-corrected chi connectivity index (χ0v) is 13.8. The molecule has 0 bridgehead atoms. The molecule has 0 aliphatic heterocycles. The van der Waals surface area contributed by atoms with Gasteiger partial charge in [-0.2, -0.15) is 0 Å². The lowest BCUT2D eigenvalue weighted by Crippen LogP contribution is -2.12. The lowest BCUT2D eigenvalue weighted by molar-refractivity contribution is 0.0299. The Morgan fingerprint density at radius 1 is 0.522 bits per heavy atom. The van der Waals surface area contributed by atoms with Crippen molar-refractivity contribution in [1.29, 1.82) is 0 Å². The van der Waals surface area contributed by atoms with Gasteiger partial charge in [-0.3, -0.25) is 13.6 Å². The molecule has 11 heteroatoms. The molecule has 0 heterocycles. The van der Waals surface area contributed by atoms with E-state index in [0.717, 1.165) is 0 Å². The van der Waals surface area contributed by atoms with E-state index in [1.54, 1.807) is 0 Å². The first-order valence-corrected chi connectivity index (χ1v) is 8.59. The minimum atomic E-state index is -3.89. The molecule has 23 heavy (non-hydrogen) atoms. The number of halogens is 3. The van der Waals surface area contributed by atoms with Crippen LogP contribution in [-0.2, 0) is 32.3 Å². The highest BCUT2D eigenvalue weighted by atomic mass is 31.2. The minimum absolute atomic E-state index is 0.0112. The molecular formula is C12H24F3O7P. The van der Waals surface area contributed by atoms with Crippen LogP contribution >= 0.6 is 7.82 Å². The van der Waals surface area contributed by atoms with Crippen LogP contribution in [0.25, 0.3) is 0 Å². The Kier molecular flexibility index (Phi) is 16.5. The van der Waals surface area contributed by atoms with Crippen LogP contribution in [0.15, 0.2) is 0 Å². The SMILES string of the molecule is O=P(OCCOCCF)(OCCOCCF)OCCOCCF. The number of phosphoric acid groups is 1. The lowest BCUT2D eigenvalue weighted by Gasteiger charge is -2.18. The van der Waals surface area contributed by atoms with Crippen molar-refractivity contribution >= 4 is 7.82 Å². The Morgan fingerprint density at radius 3 is 1.09 bits per heavy atom. The van der Waals surface area contributed by atoms with Crippen molar-refractivity contribution in [1.82, 2.24) is 0 Å². The van der Waals surface area contributed by atoms with E-state index in [-0.39, 0.29) is 59.5 Å². The molecule has 0 atom stereocenters. The van der Waals surface area contributed by atoms with Gasteiger partial charge in [-0.05, 0) is 0 Å². The molecular weight excluding hydrogens is 344 g/mol. The number of phosphoric ester groups is 1. The van der Waals surface area contributed by atoms with Crippen LogP contribution in [0.1, 0.15) is 0 Å². The Morgan fingerprint density at radius 2 is 0.826 bits per heavy atom. The predicted molar refractivity (Wildman–Crippen MR) is 75.8 cm³/mol. The molecule has 0 spiro atoms. The van der Waals surface area contributed by atoms with Gasteiger partial charge in [0.05, 0.1) is 59.5 Å². The average Bonchev–Trinajstić information content (AvgIpc) is 2.54. The fraction of sp³-hybridized carbons (Fsp3) is 1.00. The largest absolute Gasteiger partial charge is 0.475 e. The van der Waals surface area contributed by atoms with Crippen molar-refractivity contribution in [2.45, 2.75) is 0 Å². The van der Waals surface area contributed by atoms with Crippen LogP contribution in [0.3, 0.4) is 0 Å². The van der Waals surface area contributed by atoms with Gasteiger partial charge in [-0.15, -0.1) is 0 Å². The van der Waals surface area contributed by atoms with E-state index in [4.69, 9.17) is 27.8 Å². The predicted octanol–water partition coefficient (Wildman–Crippen LogP) is 2.10. The second kappa shape index (κ2) is 16.6. The quantitative estimate of drug-likeness (QED) is 0.271. The summed E-state index contributed by atoms with van der Waals surface area (Å²) in [6.07, 6.45) is 0. The van der Waals surface area contributed by atoms with Gasteiger partial charge in [0.25, 0.3) is 0 Å². The third kappa shape index (κ3) is 15.1. The van der Waals surface area contributed by atoms with E-state index in [0.29, 0.717) is 0 Å². The van der Waals surface area contributed by atoms with Crippen molar-refractivity contribution in [3.8, 4) is 0 Å². The first-order chi connectivity index (χ1) is 11.2. The van der Waals surface area contributed by atoms with Crippen molar-refractivity contribution in [3.05, 3.63) is 0 Å². The number of hydrogen-bond acceptors (Lipinski definition) is 7. The van der Waals surface area contributed by atoms with Gasteiger partial charge < -0.3 is 14.2 Å². The molecule has 0 saturated heterocycles. The van der Waals surface area contributed by atoms with Gasteiger partial charge in [0.15, 0.2) is 0 Å². The van der Waals surface area contributed by atoms with Crippen LogP contribution in [0.2, 0.25) is 0 Å². The molecule has 0 aliphatic rings. The van der Waals surface area contributed by atoms with Crippen LogP contribution in [0, 0.1) is 0 Å². The zero-order valence-electron chi connectivity index (χ0n) is 12.9. The maximum atomic E-state index is 12.3. The highest BCUT2D eigenvalue weighted by Crippen LogP contribution is 2.49. The molecule has 0 aromatic heterocycles. The van der Waals surface area contributed by atoms with Crippen LogP contribution in [0.4, 0.5) is 13.2 Å². The van der Waals surface area contributed by atoms with Crippen LogP contribution in [-0.4, -0.2) is 79.5 Å². The van der Waals surface area contributed by atoms with Gasteiger partial charge >= 0.3 is 7.82 Å². The molecule has 0 aromatic carbocycles. The summed E-state index contributed by atoms with van der Waals surface area (Å²) in [7, 11) is -3.89. The summed E-state index contributed by atoms with van der Waals surface area (Å²) >= 11 is 0. The normalized spacial score (nSPS) is 12.0. The molecule has 0 unspecified atom stereocenters. The molecule has 7 nitrogen and oxygen atoms in total.